The molecule has 0 spiro atoms. The average Bonchev–Trinajstić information content (AvgIpc) is 4.06. The summed E-state index contributed by atoms with van der Waals surface area (Å²) in [5.74, 6) is -0.350. The highest BCUT2D eigenvalue weighted by atomic mass is 32.1. The van der Waals surface area contributed by atoms with Crippen LogP contribution in [0.2, 0.25) is 0 Å². The molecule has 8 rings (SSSR count). The highest BCUT2D eigenvalue weighted by molar-refractivity contribution is 7.13. The van der Waals surface area contributed by atoms with Gasteiger partial charge in [0.2, 0.25) is 17.7 Å². The first-order chi connectivity index (χ1) is 33.0. The van der Waals surface area contributed by atoms with Crippen LogP contribution in [0.25, 0.3) is 16.0 Å². The number of pyridine rings is 1. The number of aliphatic imine (C=N–C) groups is 1. The Hall–Kier alpha value is -5.67. The molecule has 4 aliphatic heterocycles. The number of rotatable bonds is 14. The fourth-order valence-electron chi connectivity index (χ4n) is 9.87. The number of allylic oxidation sites excluding steroid dienone is 1. The normalized spacial score (nSPS) is 20.3. The monoisotopic (exact) mass is 971 g/mol. The number of thiazole rings is 1. The zero-order valence-electron chi connectivity index (χ0n) is 39.8. The number of halogens is 2. The molecule has 4 atom stereocenters. The number of nitrogens with zero attached hydrogens (tertiary/aromatic N) is 8. The molecule has 0 bridgehead atoms. The molecule has 370 valence electrons. The highest BCUT2D eigenvalue weighted by Gasteiger charge is 2.45. The minimum atomic E-state index is -2.94. The number of fused-ring (bicyclic) bond motifs is 2. The first kappa shape index (κ1) is 49.7. The standard InChI is InChI=1S/C49H63F2N11O6S/c1-28-43(69-27-55-28)31-10-8-30(9-11-31)22-54-47(66)40-19-34(64)25-61(40)48(67)44(49(3,4)5)57-41(65)24-53-23-32(21-52)42-35(45(50)51)20-39-37(56-42)7-6-15-60(39)46-36-26-59(29(2)63)16-12-38(36)62(58-46)33-13-17-68-18-14-33/h8-11,20-21,23,27,33-34,40,44-45,48,64,67H,6-7,12-19,22,24-26,52H2,1-5H3,(H,54,66)(H,57,65)/b32-21+,53-23?/t34-,40+,44-,48?/m1/s1. The molecule has 6 N–H and O–H groups in total. The number of amides is 3. The van der Waals surface area contributed by atoms with Crippen LogP contribution in [0.5, 0.6) is 0 Å². The van der Waals surface area contributed by atoms with Gasteiger partial charge >= 0.3 is 0 Å². The van der Waals surface area contributed by atoms with Crippen LogP contribution in [0.1, 0.15) is 105 Å². The van der Waals surface area contributed by atoms with E-state index in [4.69, 9.17) is 20.6 Å². The number of carbonyl (C=O) groups is 3. The second-order valence-electron chi connectivity index (χ2n) is 19.4. The number of benzene rings is 1. The van der Waals surface area contributed by atoms with Crippen LogP contribution in [0.15, 0.2) is 47.0 Å². The molecule has 0 radical (unpaired) electrons. The Bertz CT molecular complexity index is 2570. The third-order valence-electron chi connectivity index (χ3n) is 13.6. The van der Waals surface area contributed by atoms with E-state index < -0.39 is 48.7 Å². The predicted molar refractivity (Wildman–Crippen MR) is 259 cm³/mol. The fraction of sp³-hybridized carbons (Fsp3) is 0.531. The van der Waals surface area contributed by atoms with Crippen LogP contribution < -0.4 is 21.3 Å². The molecular weight excluding hydrogens is 909 g/mol. The van der Waals surface area contributed by atoms with Crippen molar-refractivity contribution in [2.24, 2.45) is 16.1 Å². The molecule has 4 aromatic rings. The maximum Gasteiger partial charge on any atom is 0.266 e. The number of hydrogen-bond donors (Lipinski definition) is 5. The van der Waals surface area contributed by atoms with Crippen molar-refractivity contribution in [3.63, 3.8) is 0 Å². The number of likely N-dealkylation sites (tertiary alicyclic amines) is 1. The van der Waals surface area contributed by atoms with Crippen molar-refractivity contribution in [3.8, 4) is 10.4 Å². The lowest BCUT2D eigenvalue weighted by atomic mass is 9.85. The van der Waals surface area contributed by atoms with Gasteiger partial charge in [0.15, 0.2) is 5.82 Å². The van der Waals surface area contributed by atoms with Gasteiger partial charge in [-0.25, -0.2) is 13.8 Å². The number of nitrogens with one attached hydrogen (secondary N) is 2. The molecular formula is C49H63F2N11O6S. The lowest BCUT2D eigenvalue weighted by Gasteiger charge is -2.40. The molecule has 69 heavy (non-hydrogen) atoms. The summed E-state index contributed by atoms with van der Waals surface area (Å²) < 4.78 is 37.9. The molecule has 20 heteroatoms. The molecule has 0 aliphatic carbocycles. The summed E-state index contributed by atoms with van der Waals surface area (Å²) in [6.07, 6.45) is 0.694. The van der Waals surface area contributed by atoms with E-state index in [1.165, 1.54) is 17.2 Å². The van der Waals surface area contributed by atoms with Crippen molar-refractivity contribution in [1.29, 1.82) is 0 Å². The minimum absolute atomic E-state index is 0.00560. The Morgan fingerprint density at radius 3 is 2.54 bits per heavy atom. The molecule has 3 amide bonds. The number of β-amino-alcohol motifs (C(OH)–C–C–N with tert-alkyl or cyclic N) is 1. The van der Waals surface area contributed by atoms with E-state index in [1.807, 2.05) is 56.9 Å². The molecule has 3 aromatic heterocycles. The minimum Gasteiger partial charge on any atom is -0.404 e. The van der Waals surface area contributed by atoms with Crippen LogP contribution in [0.3, 0.4) is 0 Å². The summed E-state index contributed by atoms with van der Waals surface area (Å²) in [4.78, 5) is 59.4. The number of aliphatic hydroxyl groups excluding tert-OH is 2. The number of nitrogens with two attached hydrogens (primary N) is 1. The Morgan fingerprint density at radius 2 is 1.87 bits per heavy atom. The van der Waals surface area contributed by atoms with E-state index in [0.29, 0.717) is 69.3 Å². The number of aromatic nitrogens is 4. The van der Waals surface area contributed by atoms with E-state index in [0.717, 1.165) is 52.0 Å². The Labute approximate surface area is 404 Å². The molecule has 0 saturated carbocycles. The van der Waals surface area contributed by atoms with Gasteiger partial charge in [0.05, 0.1) is 63.9 Å². The molecule has 1 aromatic carbocycles. The van der Waals surface area contributed by atoms with Crippen LogP contribution in [0.4, 0.5) is 20.3 Å². The van der Waals surface area contributed by atoms with Crippen molar-refractivity contribution in [3.05, 3.63) is 81.5 Å². The van der Waals surface area contributed by atoms with Gasteiger partial charge in [-0.15, -0.1) is 11.3 Å². The molecule has 2 fully saturated rings. The molecule has 2 saturated heterocycles. The first-order valence-electron chi connectivity index (χ1n) is 23.7. The van der Waals surface area contributed by atoms with Crippen molar-refractivity contribution >= 4 is 52.4 Å². The fourth-order valence-corrected chi connectivity index (χ4v) is 10.7. The van der Waals surface area contributed by atoms with E-state index in [9.17, 15) is 24.6 Å². The third kappa shape index (κ3) is 10.9. The van der Waals surface area contributed by atoms with Crippen LogP contribution in [0, 0.1) is 12.3 Å². The number of ether oxygens (including phenoxy) is 1. The predicted octanol–water partition coefficient (Wildman–Crippen LogP) is 4.96. The largest absolute Gasteiger partial charge is 0.404 e. The SMILES string of the molecule is CC(=O)N1CCc2c(c(N3CCCc4nc(/C(C=NCC(=O)N[C@H](C(O)N5C[C@H](O)C[C@H]5C(=O)NCc5ccc(-c6scnc6C)cc5)C(C)(C)C)=C/N)c(C(F)F)cc43)nn2C2CCOCC2)C1. The number of hydrogen-bond acceptors (Lipinski definition) is 14. The smallest absolute Gasteiger partial charge is 0.266 e. The van der Waals surface area contributed by atoms with E-state index in [2.05, 4.69) is 25.3 Å². The zero-order valence-corrected chi connectivity index (χ0v) is 40.6. The van der Waals surface area contributed by atoms with Crippen LogP contribution >= 0.6 is 11.3 Å². The number of anilines is 2. The molecule has 1 unspecified atom stereocenters. The summed E-state index contributed by atoms with van der Waals surface area (Å²) >= 11 is 1.56. The quantitative estimate of drug-likeness (QED) is 0.106. The van der Waals surface area contributed by atoms with Crippen LogP contribution in [-0.4, -0.2) is 128 Å². The summed E-state index contributed by atoms with van der Waals surface area (Å²) in [5.41, 5.74) is 12.7. The molecule has 17 nitrogen and oxygen atoms in total. The van der Waals surface area contributed by atoms with E-state index in [1.54, 1.807) is 28.7 Å². The highest BCUT2D eigenvalue weighted by Crippen LogP contribution is 2.42. The topological polar surface area (TPSA) is 217 Å². The Kier molecular flexibility index (Phi) is 15.2. The molecule has 7 heterocycles. The van der Waals surface area contributed by atoms with Crippen molar-refractivity contribution in [1.82, 2.24) is 40.2 Å². The number of carbonyl (C=O) groups excluding carboxylic acids is 3. The molecule has 4 aliphatic rings. The summed E-state index contributed by atoms with van der Waals surface area (Å²) in [7, 11) is 0. The maximum atomic E-state index is 15.1. The van der Waals surface area contributed by atoms with E-state index >= 15 is 8.78 Å². The van der Waals surface area contributed by atoms with Crippen LogP contribution in [-0.2, 0) is 45.1 Å². The van der Waals surface area contributed by atoms with Gasteiger partial charge in [0, 0.05) is 87.5 Å². The maximum absolute atomic E-state index is 15.1. The lowest BCUT2D eigenvalue weighted by molar-refractivity contribution is -0.134. The third-order valence-corrected chi connectivity index (χ3v) is 14.6. The van der Waals surface area contributed by atoms with Crippen molar-refractivity contribution in [2.45, 2.75) is 123 Å². The second-order valence-corrected chi connectivity index (χ2v) is 20.2. The van der Waals surface area contributed by atoms with E-state index in [-0.39, 0.29) is 54.2 Å². The van der Waals surface area contributed by atoms with Crippen molar-refractivity contribution in [2.75, 3.05) is 44.3 Å². The van der Waals surface area contributed by atoms with Gasteiger partial charge in [0.1, 0.15) is 12.8 Å². The van der Waals surface area contributed by atoms with Gasteiger partial charge in [-0.1, -0.05) is 45.0 Å². The average molecular weight is 972 g/mol. The number of alkyl halides is 2. The van der Waals surface area contributed by atoms with Gasteiger partial charge < -0.3 is 41.1 Å². The Morgan fingerprint density at radius 1 is 1.12 bits per heavy atom. The van der Waals surface area contributed by atoms with Gasteiger partial charge in [-0.3, -0.25) is 33.9 Å². The number of aryl methyl sites for hydroxylation is 2. The van der Waals surface area contributed by atoms with Gasteiger partial charge in [0.25, 0.3) is 6.43 Å². The second kappa shape index (κ2) is 21.1. The first-order valence-corrected chi connectivity index (χ1v) is 24.5. The Balaban J connectivity index is 0.953. The summed E-state index contributed by atoms with van der Waals surface area (Å²) in [5, 5.41) is 33.5. The zero-order chi connectivity index (χ0) is 49.1. The van der Waals surface area contributed by atoms with Crippen molar-refractivity contribution < 1.29 is 38.1 Å². The lowest BCUT2D eigenvalue weighted by Crippen LogP contribution is -2.60. The van der Waals surface area contributed by atoms with Gasteiger partial charge in [-0.05, 0) is 61.6 Å². The van der Waals surface area contributed by atoms with Gasteiger partial charge in [-0.2, -0.15) is 5.10 Å². The summed E-state index contributed by atoms with van der Waals surface area (Å²) in [6, 6.07) is 7.61. The summed E-state index contributed by atoms with van der Waals surface area (Å²) in [6.45, 7) is 11.5. The number of aliphatic hydroxyl groups is 2.